The number of halogens is 5. The lowest BCUT2D eigenvalue weighted by Gasteiger charge is -2.31. The lowest BCUT2D eigenvalue weighted by atomic mass is 9.91. The van der Waals surface area contributed by atoms with E-state index in [4.69, 9.17) is 14.2 Å². The van der Waals surface area contributed by atoms with Crippen LogP contribution in [0.5, 0.6) is 5.75 Å². The van der Waals surface area contributed by atoms with Gasteiger partial charge in [-0.25, -0.2) is 39.9 Å². The van der Waals surface area contributed by atoms with E-state index >= 15 is 4.39 Å². The van der Waals surface area contributed by atoms with Gasteiger partial charge in [-0.15, -0.1) is 0 Å². The molecule has 0 radical (unpaired) electrons. The number of ether oxygens (including phenoxy) is 3. The van der Waals surface area contributed by atoms with Crippen molar-refractivity contribution in [3.63, 3.8) is 0 Å². The molecule has 12 nitrogen and oxygen atoms in total. The summed E-state index contributed by atoms with van der Waals surface area (Å²) in [6.07, 6.45) is -0.133. The van der Waals surface area contributed by atoms with Gasteiger partial charge in [-0.05, 0) is 78.9 Å². The monoisotopic (exact) mass is 843 g/mol. The SMILES string of the molecule is CCC(F)S(=O)(=O)NC1[C@H](Cc2cccc(-c3ccccc3OCCN(C)C(=O)OC(C)(C)C)c2F)N(C(=O)OC(C)(C)C)CC12CC2.O=S(=O)(Cl)C(F)F. The van der Waals surface area contributed by atoms with E-state index in [-0.39, 0.29) is 43.7 Å². The van der Waals surface area contributed by atoms with Gasteiger partial charge in [-0.3, -0.25) is 0 Å². The Bertz CT molecular complexity index is 1890. The molecule has 2 unspecified atom stereocenters. The molecule has 2 aromatic rings. The molecule has 1 saturated heterocycles. The van der Waals surface area contributed by atoms with Crippen LogP contribution in [0.2, 0.25) is 0 Å². The van der Waals surface area contributed by atoms with E-state index in [1.54, 1.807) is 91.1 Å². The van der Waals surface area contributed by atoms with Crippen molar-refractivity contribution in [2.75, 3.05) is 26.7 Å². The van der Waals surface area contributed by atoms with Crippen molar-refractivity contribution in [3.8, 4) is 16.9 Å². The van der Waals surface area contributed by atoms with E-state index in [2.05, 4.69) is 15.4 Å². The van der Waals surface area contributed by atoms with Crippen molar-refractivity contribution >= 4 is 41.9 Å². The van der Waals surface area contributed by atoms with Crippen LogP contribution in [0, 0.1) is 11.2 Å². The molecule has 19 heteroatoms. The standard InChI is InChI=1S/C35H49F2N3O7S.CHClF2O2S/c1-9-28(36)48(43,44)38-30-26(40(22-35(30)17-18-35)32(42)47-34(5,6)7)21-23-13-12-15-25(29(23)37)24-14-10-11-16-27(24)45-20-19-39(8)31(41)46-33(2,3)4;2-7(5,6)1(3)4/h10-16,26,28,30,38H,9,17-22H2,1-8H3;1H/t26-,28?,30?;/m0./s1. The number of likely N-dealkylation sites (N-methyl/N-ethyl adjacent to an activating group) is 1. The van der Waals surface area contributed by atoms with Crippen molar-refractivity contribution in [1.29, 1.82) is 0 Å². The molecule has 2 aromatic carbocycles. The Labute approximate surface area is 325 Å². The molecular weight excluding hydrogens is 794 g/mol. The van der Waals surface area contributed by atoms with E-state index in [1.165, 1.54) is 16.7 Å². The zero-order valence-corrected chi connectivity index (χ0v) is 34.5. The Hall–Kier alpha value is -3.35. The summed E-state index contributed by atoms with van der Waals surface area (Å²) in [6.45, 7) is 12.5. The predicted molar refractivity (Wildman–Crippen MR) is 200 cm³/mol. The number of hydrogen-bond acceptors (Lipinski definition) is 9. The molecule has 1 heterocycles. The molecule has 310 valence electrons. The average Bonchev–Trinajstić information content (AvgIpc) is 3.78. The van der Waals surface area contributed by atoms with Crippen LogP contribution in [-0.2, 0) is 35.0 Å². The van der Waals surface area contributed by atoms with E-state index in [0.717, 1.165) is 0 Å². The van der Waals surface area contributed by atoms with Crippen molar-refractivity contribution in [2.45, 2.75) is 109 Å². The van der Waals surface area contributed by atoms with Crippen LogP contribution < -0.4 is 9.46 Å². The fourth-order valence-corrected chi connectivity index (χ4v) is 7.25. The summed E-state index contributed by atoms with van der Waals surface area (Å²) in [5.74, 6) is -3.62. The lowest BCUT2D eigenvalue weighted by Crippen LogP contribution is -2.51. The van der Waals surface area contributed by atoms with Crippen LogP contribution in [0.25, 0.3) is 11.1 Å². The number of carbonyl (C=O) groups excluding carboxylic acids is 2. The molecule has 1 saturated carbocycles. The summed E-state index contributed by atoms with van der Waals surface area (Å²) in [5, 5.41) is 0. The van der Waals surface area contributed by atoms with Crippen LogP contribution in [0.15, 0.2) is 42.5 Å². The van der Waals surface area contributed by atoms with Crippen molar-refractivity contribution in [1.82, 2.24) is 14.5 Å². The molecule has 2 aliphatic rings. The molecule has 0 aromatic heterocycles. The van der Waals surface area contributed by atoms with Crippen LogP contribution in [0.1, 0.15) is 73.3 Å². The molecule has 55 heavy (non-hydrogen) atoms. The van der Waals surface area contributed by atoms with Crippen molar-refractivity contribution in [3.05, 3.63) is 53.8 Å². The Balaban J connectivity index is 0.00000106. The van der Waals surface area contributed by atoms with Gasteiger partial charge in [-0.1, -0.05) is 43.3 Å². The number of likely N-dealkylation sites (tertiary alicyclic amines) is 1. The summed E-state index contributed by atoms with van der Waals surface area (Å²) in [7, 11) is -3.28. The van der Waals surface area contributed by atoms with Crippen LogP contribution >= 0.6 is 10.7 Å². The minimum atomic E-state index is -4.60. The third-order valence-electron chi connectivity index (χ3n) is 8.69. The molecule has 1 aliphatic carbocycles. The summed E-state index contributed by atoms with van der Waals surface area (Å²) in [6, 6.07) is 10.2. The Morgan fingerprint density at radius 3 is 2.05 bits per heavy atom. The van der Waals surface area contributed by atoms with Gasteiger partial charge in [0.2, 0.25) is 15.5 Å². The second-order valence-electron chi connectivity index (χ2n) is 15.5. The zero-order valence-electron chi connectivity index (χ0n) is 32.1. The van der Waals surface area contributed by atoms with E-state index in [9.17, 15) is 39.6 Å². The first-order valence-electron chi connectivity index (χ1n) is 17.5. The number of nitrogens with zero attached hydrogens (tertiary/aromatic N) is 2. The summed E-state index contributed by atoms with van der Waals surface area (Å²) in [4.78, 5) is 28.7. The first kappa shape index (κ1) is 46.0. The summed E-state index contributed by atoms with van der Waals surface area (Å²) < 4.78 is 117. The third kappa shape index (κ3) is 12.8. The van der Waals surface area contributed by atoms with E-state index in [0.29, 0.717) is 24.2 Å². The topological polar surface area (TPSA) is 149 Å². The first-order chi connectivity index (χ1) is 25.2. The summed E-state index contributed by atoms with van der Waals surface area (Å²) >= 11 is 0. The fourth-order valence-electron chi connectivity index (χ4n) is 5.90. The largest absolute Gasteiger partial charge is 0.491 e. The zero-order chi connectivity index (χ0) is 41.7. The average molecular weight is 844 g/mol. The number of alkyl halides is 3. The maximum absolute atomic E-state index is 16.5. The molecule has 2 amide bonds. The highest BCUT2D eigenvalue weighted by molar-refractivity contribution is 8.14. The first-order valence-corrected chi connectivity index (χ1v) is 21.4. The van der Waals surface area contributed by atoms with Gasteiger partial charge in [0, 0.05) is 40.8 Å². The second kappa shape index (κ2) is 17.8. The number of benzene rings is 2. The number of rotatable bonds is 12. The smallest absolute Gasteiger partial charge is 0.410 e. The molecule has 1 spiro atoms. The molecular formula is C36H50ClF4N3O9S2. The molecule has 3 atom stereocenters. The van der Waals surface area contributed by atoms with Gasteiger partial charge in [-0.2, -0.15) is 8.78 Å². The maximum atomic E-state index is 16.5. The van der Waals surface area contributed by atoms with Gasteiger partial charge in [0.05, 0.1) is 18.6 Å². The lowest BCUT2D eigenvalue weighted by molar-refractivity contribution is 0.0211. The van der Waals surface area contributed by atoms with Gasteiger partial charge in [0.1, 0.15) is 29.4 Å². The number of hydrogen-bond donors (Lipinski definition) is 1. The molecule has 2 fully saturated rings. The van der Waals surface area contributed by atoms with Gasteiger partial charge in [0.15, 0.2) is 0 Å². The van der Waals surface area contributed by atoms with Crippen molar-refractivity contribution in [2.24, 2.45) is 5.41 Å². The highest BCUT2D eigenvalue weighted by atomic mass is 35.7. The minimum absolute atomic E-state index is 0.0410. The quantitative estimate of drug-likeness (QED) is 0.170. The van der Waals surface area contributed by atoms with Crippen LogP contribution in [-0.4, -0.2) is 100 Å². The Morgan fingerprint density at radius 2 is 1.53 bits per heavy atom. The highest BCUT2D eigenvalue weighted by Crippen LogP contribution is 2.56. The minimum Gasteiger partial charge on any atom is -0.491 e. The van der Waals surface area contributed by atoms with Gasteiger partial charge < -0.3 is 24.0 Å². The maximum Gasteiger partial charge on any atom is 0.410 e. The number of amides is 2. The Kier molecular flexibility index (Phi) is 14.9. The number of carbonyl (C=O) groups is 2. The van der Waals surface area contributed by atoms with E-state index < -0.39 is 77.0 Å². The number of sulfonamides is 1. The van der Waals surface area contributed by atoms with Gasteiger partial charge >= 0.3 is 17.9 Å². The van der Waals surface area contributed by atoms with Crippen LogP contribution in [0.3, 0.4) is 0 Å². The summed E-state index contributed by atoms with van der Waals surface area (Å²) in [5.41, 5.74) is -3.20. The third-order valence-corrected chi connectivity index (χ3v) is 11.1. The van der Waals surface area contributed by atoms with Crippen LogP contribution in [0.4, 0.5) is 27.2 Å². The molecule has 1 N–H and O–H groups in total. The second-order valence-corrected chi connectivity index (χ2v) is 19.9. The van der Waals surface area contributed by atoms with Gasteiger partial charge in [0.25, 0.3) is 9.05 Å². The fraction of sp³-hybridized carbons (Fsp3) is 0.611. The highest BCUT2D eigenvalue weighted by Gasteiger charge is 2.62. The number of para-hydroxylation sites is 1. The molecule has 4 rings (SSSR count). The normalized spacial score (nSPS) is 18.7. The van der Waals surface area contributed by atoms with Crippen molar-refractivity contribution < 1.29 is 58.2 Å². The number of nitrogens with one attached hydrogen (secondary N) is 1. The molecule has 0 bridgehead atoms. The molecule has 1 aliphatic heterocycles. The Morgan fingerprint density at radius 1 is 0.964 bits per heavy atom. The predicted octanol–water partition coefficient (Wildman–Crippen LogP) is 7.45. The van der Waals surface area contributed by atoms with E-state index in [1.807, 2.05) is 0 Å².